The Kier molecular flexibility index (Phi) is 2.61. The van der Waals surface area contributed by atoms with Crippen LogP contribution >= 0.6 is 0 Å². The van der Waals surface area contributed by atoms with Crippen LogP contribution in [0.5, 0.6) is 0 Å². The molecule has 0 spiro atoms. The van der Waals surface area contributed by atoms with Crippen LogP contribution in [0.15, 0.2) is 54.1 Å². The summed E-state index contributed by atoms with van der Waals surface area (Å²) in [5, 5.41) is 0. The normalized spacial score (nSPS) is 15.5. The SMILES string of the molecule is [CH](C1=CC=CCC1)c1ccccc1. The van der Waals surface area contributed by atoms with Crippen molar-refractivity contribution in [2.75, 3.05) is 0 Å². The van der Waals surface area contributed by atoms with Crippen molar-refractivity contribution in [2.45, 2.75) is 12.8 Å². The van der Waals surface area contributed by atoms with E-state index in [1.165, 1.54) is 24.0 Å². The fourth-order valence-corrected chi connectivity index (χ4v) is 1.50. The molecular weight excluding hydrogens is 156 g/mol. The minimum Gasteiger partial charge on any atom is -0.0842 e. The lowest BCUT2D eigenvalue weighted by Gasteiger charge is -2.07. The molecule has 0 aromatic heterocycles. The predicted molar refractivity (Wildman–Crippen MR) is 56.3 cm³/mol. The predicted octanol–water partition coefficient (Wildman–Crippen LogP) is 3.52. The van der Waals surface area contributed by atoms with E-state index in [0.717, 1.165) is 0 Å². The van der Waals surface area contributed by atoms with Gasteiger partial charge in [-0.3, -0.25) is 0 Å². The molecule has 0 saturated carbocycles. The maximum Gasteiger partial charge on any atom is 0.0158 e. The topological polar surface area (TPSA) is 0 Å². The van der Waals surface area contributed by atoms with E-state index in [0.29, 0.717) is 0 Å². The van der Waals surface area contributed by atoms with Crippen molar-refractivity contribution < 1.29 is 0 Å². The third kappa shape index (κ3) is 2.32. The van der Waals surface area contributed by atoms with Crippen LogP contribution in [0.1, 0.15) is 18.4 Å². The van der Waals surface area contributed by atoms with Crippen molar-refractivity contribution >= 4 is 0 Å². The highest BCUT2D eigenvalue weighted by Gasteiger charge is 2.00. The fraction of sp³-hybridized carbons (Fsp3) is 0.154. The second-order valence-electron chi connectivity index (χ2n) is 3.26. The monoisotopic (exact) mass is 169 g/mol. The van der Waals surface area contributed by atoms with Gasteiger partial charge in [-0.25, -0.2) is 0 Å². The third-order valence-corrected chi connectivity index (χ3v) is 2.20. The highest BCUT2D eigenvalue weighted by Crippen LogP contribution is 2.18. The zero-order valence-corrected chi connectivity index (χ0v) is 7.61. The first-order valence-electron chi connectivity index (χ1n) is 4.71. The van der Waals surface area contributed by atoms with Crippen LogP contribution in [-0.4, -0.2) is 0 Å². The second-order valence-corrected chi connectivity index (χ2v) is 3.26. The first kappa shape index (κ1) is 8.31. The summed E-state index contributed by atoms with van der Waals surface area (Å²) in [6.07, 6.45) is 11.1. The molecule has 0 saturated heterocycles. The van der Waals surface area contributed by atoms with Crippen LogP contribution in [0.3, 0.4) is 0 Å². The Hall–Kier alpha value is -1.30. The number of hydrogen-bond acceptors (Lipinski definition) is 0. The molecule has 2 rings (SSSR count). The molecule has 0 nitrogen and oxygen atoms in total. The van der Waals surface area contributed by atoms with Gasteiger partial charge in [0.15, 0.2) is 0 Å². The summed E-state index contributed by atoms with van der Waals surface area (Å²) in [6.45, 7) is 0. The molecule has 0 fully saturated rings. The standard InChI is InChI=1S/C13H13/c1-3-7-12(8-4-1)11-13-9-5-2-6-10-13/h1-5,7-9,11H,6,10H2. The van der Waals surface area contributed by atoms with Gasteiger partial charge < -0.3 is 0 Å². The summed E-state index contributed by atoms with van der Waals surface area (Å²) in [5.74, 6) is 0. The van der Waals surface area contributed by atoms with Crippen LogP contribution < -0.4 is 0 Å². The van der Waals surface area contributed by atoms with Crippen molar-refractivity contribution in [3.63, 3.8) is 0 Å². The minimum atomic E-state index is 1.17. The van der Waals surface area contributed by atoms with Gasteiger partial charge in [0.1, 0.15) is 0 Å². The highest BCUT2D eigenvalue weighted by molar-refractivity contribution is 5.36. The average Bonchev–Trinajstić information content (AvgIpc) is 2.21. The second kappa shape index (κ2) is 4.08. The van der Waals surface area contributed by atoms with Gasteiger partial charge in [0.05, 0.1) is 0 Å². The maximum absolute atomic E-state index is 2.25. The number of hydrogen-bond donors (Lipinski definition) is 0. The van der Waals surface area contributed by atoms with Gasteiger partial charge in [-0.2, -0.15) is 0 Å². The summed E-state index contributed by atoms with van der Waals surface area (Å²) in [6, 6.07) is 10.5. The molecule has 0 heterocycles. The average molecular weight is 169 g/mol. The van der Waals surface area contributed by atoms with Gasteiger partial charge in [-0.15, -0.1) is 0 Å². The summed E-state index contributed by atoms with van der Waals surface area (Å²) >= 11 is 0. The van der Waals surface area contributed by atoms with E-state index in [2.05, 4.69) is 48.9 Å². The zero-order chi connectivity index (χ0) is 8.93. The molecule has 1 aromatic carbocycles. The largest absolute Gasteiger partial charge is 0.0842 e. The van der Waals surface area contributed by atoms with E-state index in [1.807, 2.05) is 6.07 Å². The lowest BCUT2D eigenvalue weighted by molar-refractivity contribution is 0.972. The lowest BCUT2D eigenvalue weighted by atomic mass is 9.98. The van der Waals surface area contributed by atoms with E-state index in [4.69, 9.17) is 0 Å². The molecule has 0 bridgehead atoms. The Morgan fingerprint density at radius 1 is 1.08 bits per heavy atom. The molecule has 0 heteroatoms. The molecule has 1 aliphatic carbocycles. The zero-order valence-electron chi connectivity index (χ0n) is 7.61. The number of rotatable bonds is 2. The van der Waals surface area contributed by atoms with E-state index < -0.39 is 0 Å². The van der Waals surface area contributed by atoms with Crippen molar-refractivity contribution in [2.24, 2.45) is 0 Å². The van der Waals surface area contributed by atoms with E-state index in [1.54, 1.807) is 0 Å². The van der Waals surface area contributed by atoms with Crippen LogP contribution in [0.25, 0.3) is 0 Å². The van der Waals surface area contributed by atoms with Crippen LogP contribution in [0.2, 0.25) is 0 Å². The molecule has 1 aromatic rings. The first-order chi connectivity index (χ1) is 6.45. The highest BCUT2D eigenvalue weighted by atomic mass is 14.1. The maximum atomic E-state index is 2.25. The van der Waals surface area contributed by atoms with Gasteiger partial charge in [0, 0.05) is 6.42 Å². The van der Waals surface area contributed by atoms with Crippen molar-refractivity contribution in [1.82, 2.24) is 0 Å². The van der Waals surface area contributed by atoms with Crippen molar-refractivity contribution in [3.05, 3.63) is 66.1 Å². The quantitative estimate of drug-likeness (QED) is 0.635. The Labute approximate surface area is 79.6 Å². The van der Waals surface area contributed by atoms with Gasteiger partial charge in [-0.05, 0) is 18.4 Å². The molecular formula is C13H13. The van der Waals surface area contributed by atoms with Crippen LogP contribution in [0, 0.1) is 6.42 Å². The summed E-state index contributed by atoms with van der Waals surface area (Å²) in [7, 11) is 0. The van der Waals surface area contributed by atoms with Crippen LogP contribution in [-0.2, 0) is 0 Å². The summed E-state index contributed by atoms with van der Waals surface area (Å²) in [4.78, 5) is 0. The minimum absolute atomic E-state index is 1.17. The smallest absolute Gasteiger partial charge is 0.0158 e. The van der Waals surface area contributed by atoms with E-state index >= 15 is 0 Å². The lowest BCUT2D eigenvalue weighted by Crippen LogP contribution is -1.89. The molecule has 0 amide bonds. The summed E-state index contributed by atoms with van der Waals surface area (Å²) < 4.78 is 0. The molecule has 0 unspecified atom stereocenters. The summed E-state index contributed by atoms with van der Waals surface area (Å²) in [5.41, 5.74) is 2.72. The molecule has 1 radical (unpaired) electrons. The molecule has 0 N–H and O–H groups in total. The number of benzene rings is 1. The number of allylic oxidation sites excluding steroid dienone is 4. The van der Waals surface area contributed by atoms with Gasteiger partial charge in [0.25, 0.3) is 0 Å². The fourth-order valence-electron chi connectivity index (χ4n) is 1.50. The van der Waals surface area contributed by atoms with E-state index in [-0.39, 0.29) is 0 Å². The molecule has 65 valence electrons. The Morgan fingerprint density at radius 2 is 1.92 bits per heavy atom. The van der Waals surface area contributed by atoms with Gasteiger partial charge in [0.2, 0.25) is 0 Å². The first-order valence-corrected chi connectivity index (χ1v) is 4.71. The van der Waals surface area contributed by atoms with E-state index in [9.17, 15) is 0 Å². The Bertz CT molecular complexity index is 317. The van der Waals surface area contributed by atoms with Crippen LogP contribution in [0.4, 0.5) is 0 Å². The third-order valence-electron chi connectivity index (χ3n) is 2.20. The Balaban J connectivity index is 2.06. The molecule has 13 heavy (non-hydrogen) atoms. The van der Waals surface area contributed by atoms with Crippen molar-refractivity contribution in [3.8, 4) is 0 Å². The van der Waals surface area contributed by atoms with Crippen molar-refractivity contribution in [1.29, 1.82) is 0 Å². The van der Waals surface area contributed by atoms with Gasteiger partial charge in [-0.1, -0.05) is 54.1 Å². The Morgan fingerprint density at radius 3 is 2.62 bits per heavy atom. The molecule has 1 aliphatic rings. The molecule has 0 atom stereocenters. The van der Waals surface area contributed by atoms with Gasteiger partial charge >= 0.3 is 0 Å². The molecule has 0 aliphatic heterocycles.